The van der Waals surface area contributed by atoms with E-state index in [0.717, 1.165) is 23.6 Å². The Morgan fingerprint density at radius 2 is 2.16 bits per heavy atom. The van der Waals surface area contributed by atoms with Crippen molar-refractivity contribution in [2.24, 2.45) is 5.73 Å². The minimum Gasteiger partial charge on any atom is -0.488 e. The van der Waals surface area contributed by atoms with Gasteiger partial charge in [-0.05, 0) is 38.1 Å². The standard InChI is InChI=1S/C14H20N4O/c15-10-12-11-18-7-3-4-13(14(18)16-12)19-9-8-17-5-1-2-6-17/h3-4,7,11H,1-2,5-6,8-10,15H2. The van der Waals surface area contributed by atoms with E-state index in [2.05, 4.69) is 9.88 Å². The highest BCUT2D eigenvalue weighted by Gasteiger charge is 2.12. The molecular weight excluding hydrogens is 240 g/mol. The topological polar surface area (TPSA) is 55.8 Å². The zero-order valence-electron chi connectivity index (χ0n) is 11.1. The van der Waals surface area contributed by atoms with Crippen LogP contribution in [0.1, 0.15) is 18.5 Å². The molecule has 0 unspecified atom stereocenters. The van der Waals surface area contributed by atoms with Crippen LogP contribution >= 0.6 is 0 Å². The summed E-state index contributed by atoms with van der Waals surface area (Å²) in [7, 11) is 0. The Labute approximate surface area is 113 Å². The Morgan fingerprint density at radius 3 is 2.95 bits per heavy atom. The highest BCUT2D eigenvalue weighted by molar-refractivity contribution is 5.54. The third kappa shape index (κ3) is 2.72. The van der Waals surface area contributed by atoms with Gasteiger partial charge in [0.2, 0.25) is 0 Å². The molecule has 2 aromatic heterocycles. The van der Waals surface area contributed by atoms with Crippen molar-refractivity contribution in [3.63, 3.8) is 0 Å². The van der Waals surface area contributed by atoms with Gasteiger partial charge in [0.05, 0.1) is 5.69 Å². The van der Waals surface area contributed by atoms with Crippen LogP contribution in [-0.4, -0.2) is 40.5 Å². The molecule has 1 aliphatic rings. The first-order chi connectivity index (χ1) is 9.36. The van der Waals surface area contributed by atoms with Gasteiger partial charge < -0.3 is 14.9 Å². The van der Waals surface area contributed by atoms with Crippen molar-refractivity contribution in [3.8, 4) is 5.75 Å². The van der Waals surface area contributed by atoms with Crippen LogP contribution in [0.3, 0.4) is 0 Å². The number of nitrogens with zero attached hydrogens (tertiary/aromatic N) is 3. The summed E-state index contributed by atoms with van der Waals surface area (Å²) in [5.41, 5.74) is 7.36. The van der Waals surface area contributed by atoms with Crippen LogP contribution in [0, 0.1) is 0 Å². The number of nitrogens with two attached hydrogens (primary N) is 1. The molecule has 3 rings (SSSR count). The zero-order valence-corrected chi connectivity index (χ0v) is 11.1. The Balaban J connectivity index is 1.67. The molecule has 2 aromatic rings. The molecule has 1 aliphatic heterocycles. The predicted molar refractivity (Wildman–Crippen MR) is 74.3 cm³/mol. The van der Waals surface area contributed by atoms with Crippen LogP contribution in [0.4, 0.5) is 0 Å². The van der Waals surface area contributed by atoms with E-state index < -0.39 is 0 Å². The van der Waals surface area contributed by atoms with Gasteiger partial charge >= 0.3 is 0 Å². The van der Waals surface area contributed by atoms with Gasteiger partial charge in [-0.2, -0.15) is 0 Å². The van der Waals surface area contributed by atoms with Gasteiger partial charge in [-0.25, -0.2) is 4.98 Å². The largest absolute Gasteiger partial charge is 0.488 e. The molecule has 0 spiro atoms. The minimum atomic E-state index is 0.453. The van der Waals surface area contributed by atoms with Gasteiger partial charge in [-0.1, -0.05) is 0 Å². The molecule has 1 saturated heterocycles. The minimum absolute atomic E-state index is 0.453. The number of likely N-dealkylation sites (tertiary alicyclic amines) is 1. The average Bonchev–Trinajstić information content (AvgIpc) is 3.07. The third-order valence-corrected chi connectivity index (χ3v) is 3.57. The van der Waals surface area contributed by atoms with Gasteiger partial charge in [-0.3, -0.25) is 4.90 Å². The highest BCUT2D eigenvalue weighted by Crippen LogP contribution is 2.19. The summed E-state index contributed by atoms with van der Waals surface area (Å²) >= 11 is 0. The third-order valence-electron chi connectivity index (χ3n) is 3.57. The maximum atomic E-state index is 5.87. The van der Waals surface area contributed by atoms with Crippen molar-refractivity contribution in [3.05, 3.63) is 30.2 Å². The van der Waals surface area contributed by atoms with Crippen LogP contribution in [0.2, 0.25) is 0 Å². The first-order valence-electron chi connectivity index (χ1n) is 6.88. The number of rotatable bonds is 5. The molecule has 19 heavy (non-hydrogen) atoms. The lowest BCUT2D eigenvalue weighted by Gasteiger charge is -2.15. The number of ether oxygens (including phenoxy) is 1. The van der Waals surface area contributed by atoms with Gasteiger partial charge in [0.25, 0.3) is 0 Å². The summed E-state index contributed by atoms with van der Waals surface area (Å²) in [4.78, 5) is 6.92. The molecule has 3 heterocycles. The fourth-order valence-corrected chi connectivity index (χ4v) is 2.54. The van der Waals surface area contributed by atoms with Crippen molar-refractivity contribution >= 4 is 5.65 Å². The molecule has 1 fully saturated rings. The summed E-state index contributed by atoms with van der Waals surface area (Å²) in [5.74, 6) is 0.835. The quantitative estimate of drug-likeness (QED) is 0.879. The number of imidazole rings is 1. The SMILES string of the molecule is NCc1cn2cccc(OCCN3CCCC3)c2n1. The Hall–Kier alpha value is -1.59. The van der Waals surface area contributed by atoms with E-state index in [0.29, 0.717) is 13.2 Å². The molecule has 0 atom stereocenters. The van der Waals surface area contributed by atoms with E-state index in [1.54, 1.807) is 0 Å². The number of pyridine rings is 1. The number of aromatic nitrogens is 2. The molecule has 0 bridgehead atoms. The van der Waals surface area contributed by atoms with Crippen LogP contribution in [0.15, 0.2) is 24.5 Å². The molecule has 0 saturated carbocycles. The van der Waals surface area contributed by atoms with Crippen molar-refractivity contribution in [2.45, 2.75) is 19.4 Å². The zero-order chi connectivity index (χ0) is 13.1. The first-order valence-corrected chi connectivity index (χ1v) is 6.88. The predicted octanol–water partition coefficient (Wildman–Crippen LogP) is 1.27. The van der Waals surface area contributed by atoms with E-state index >= 15 is 0 Å². The lowest BCUT2D eigenvalue weighted by Crippen LogP contribution is -2.25. The van der Waals surface area contributed by atoms with Crippen molar-refractivity contribution in [1.82, 2.24) is 14.3 Å². The van der Waals surface area contributed by atoms with Crippen LogP contribution < -0.4 is 10.5 Å². The van der Waals surface area contributed by atoms with E-state index in [-0.39, 0.29) is 0 Å². The Morgan fingerprint density at radius 1 is 1.32 bits per heavy atom. The second-order valence-corrected chi connectivity index (χ2v) is 4.94. The van der Waals surface area contributed by atoms with Crippen LogP contribution in [-0.2, 0) is 6.54 Å². The maximum absolute atomic E-state index is 5.87. The summed E-state index contributed by atoms with van der Waals surface area (Å²) < 4.78 is 7.84. The Kier molecular flexibility index (Phi) is 3.66. The van der Waals surface area contributed by atoms with Crippen molar-refractivity contribution < 1.29 is 4.74 Å². The second kappa shape index (κ2) is 5.59. The molecule has 5 nitrogen and oxygen atoms in total. The Bertz CT molecular complexity index is 545. The highest BCUT2D eigenvalue weighted by atomic mass is 16.5. The lowest BCUT2D eigenvalue weighted by molar-refractivity contribution is 0.239. The molecule has 0 aromatic carbocycles. The molecule has 0 radical (unpaired) electrons. The van der Waals surface area contributed by atoms with E-state index in [9.17, 15) is 0 Å². The molecule has 0 amide bonds. The average molecular weight is 260 g/mol. The van der Waals surface area contributed by atoms with Crippen molar-refractivity contribution in [2.75, 3.05) is 26.2 Å². The number of hydrogen-bond donors (Lipinski definition) is 1. The monoisotopic (exact) mass is 260 g/mol. The number of fused-ring (bicyclic) bond motifs is 1. The van der Waals surface area contributed by atoms with E-state index in [1.807, 2.05) is 28.9 Å². The van der Waals surface area contributed by atoms with Gasteiger partial charge in [0, 0.05) is 25.5 Å². The molecule has 2 N–H and O–H groups in total. The van der Waals surface area contributed by atoms with Crippen LogP contribution in [0.25, 0.3) is 5.65 Å². The summed E-state index contributed by atoms with van der Waals surface area (Å²) in [6.45, 7) is 4.56. The van der Waals surface area contributed by atoms with E-state index in [1.165, 1.54) is 25.9 Å². The summed E-state index contributed by atoms with van der Waals surface area (Å²) in [6.07, 6.45) is 6.54. The smallest absolute Gasteiger partial charge is 0.179 e. The number of hydrogen-bond acceptors (Lipinski definition) is 4. The first kappa shape index (κ1) is 12.4. The van der Waals surface area contributed by atoms with Gasteiger partial charge in [0.15, 0.2) is 11.4 Å². The molecule has 5 heteroatoms. The maximum Gasteiger partial charge on any atom is 0.179 e. The van der Waals surface area contributed by atoms with Crippen LogP contribution in [0.5, 0.6) is 5.75 Å². The fourth-order valence-electron chi connectivity index (χ4n) is 2.54. The summed E-state index contributed by atoms with van der Waals surface area (Å²) in [5, 5.41) is 0. The lowest BCUT2D eigenvalue weighted by atomic mass is 10.4. The van der Waals surface area contributed by atoms with Gasteiger partial charge in [-0.15, -0.1) is 0 Å². The molecular formula is C14H20N4O. The van der Waals surface area contributed by atoms with Gasteiger partial charge in [0.1, 0.15) is 6.61 Å². The normalized spacial score (nSPS) is 16.3. The van der Waals surface area contributed by atoms with E-state index in [4.69, 9.17) is 10.5 Å². The fraction of sp³-hybridized carbons (Fsp3) is 0.500. The summed E-state index contributed by atoms with van der Waals surface area (Å²) in [6, 6.07) is 3.94. The second-order valence-electron chi connectivity index (χ2n) is 4.94. The molecule has 0 aliphatic carbocycles. The molecule has 102 valence electrons. The van der Waals surface area contributed by atoms with Crippen molar-refractivity contribution in [1.29, 1.82) is 0 Å².